The molecule has 0 bridgehead atoms. The summed E-state index contributed by atoms with van der Waals surface area (Å²) in [6, 6.07) is 10.1. The van der Waals surface area contributed by atoms with Crippen LogP contribution in [-0.2, 0) is 5.54 Å². The van der Waals surface area contributed by atoms with Gasteiger partial charge in [-0.1, -0.05) is 26.0 Å². The van der Waals surface area contributed by atoms with Crippen LogP contribution in [0.3, 0.4) is 0 Å². The third-order valence-electron chi connectivity index (χ3n) is 6.75. The highest BCUT2D eigenvalue weighted by molar-refractivity contribution is 6.06. The fraction of sp³-hybridized carbons (Fsp3) is 0.481. The number of anilines is 1. The first-order valence-corrected chi connectivity index (χ1v) is 12.5. The number of rotatable bonds is 3. The van der Waals surface area contributed by atoms with Gasteiger partial charge in [0, 0.05) is 31.9 Å². The van der Waals surface area contributed by atoms with Crippen molar-refractivity contribution in [2.24, 2.45) is 0 Å². The molecule has 1 saturated heterocycles. The first kappa shape index (κ1) is 23.3. The van der Waals surface area contributed by atoms with Crippen LogP contribution in [0.5, 0.6) is 0 Å². The van der Waals surface area contributed by atoms with E-state index in [9.17, 15) is 4.79 Å². The minimum atomic E-state index is -0.231. The van der Waals surface area contributed by atoms with Crippen LogP contribution in [0.1, 0.15) is 68.7 Å². The molecule has 0 unspecified atom stereocenters. The summed E-state index contributed by atoms with van der Waals surface area (Å²) in [5.41, 5.74) is 5.04. The van der Waals surface area contributed by atoms with Gasteiger partial charge in [0.05, 0.1) is 33.2 Å². The van der Waals surface area contributed by atoms with Crippen molar-refractivity contribution >= 4 is 33.9 Å². The number of nitrogens with zero attached hydrogens (tertiary/aromatic N) is 6. The molecule has 1 aliphatic rings. The van der Waals surface area contributed by atoms with Gasteiger partial charge in [0.25, 0.3) is 5.91 Å². The molecule has 5 rings (SSSR count). The number of nitrogens with one attached hydrogen (secondary N) is 1. The number of hydrogen-bond acceptors (Lipinski definition) is 5. The highest BCUT2D eigenvalue weighted by Gasteiger charge is 2.28. The summed E-state index contributed by atoms with van der Waals surface area (Å²) in [7, 11) is 0. The zero-order chi connectivity index (χ0) is 24.9. The molecule has 184 valence electrons. The molecule has 0 saturated carbocycles. The van der Waals surface area contributed by atoms with Crippen LogP contribution >= 0.6 is 0 Å². The van der Waals surface area contributed by atoms with Gasteiger partial charge < -0.3 is 14.8 Å². The Morgan fingerprint density at radius 3 is 2.54 bits per heavy atom. The van der Waals surface area contributed by atoms with E-state index in [0.717, 1.165) is 58.9 Å². The second-order valence-corrected chi connectivity index (χ2v) is 10.8. The summed E-state index contributed by atoms with van der Waals surface area (Å²) < 4.78 is 1.96. The third-order valence-corrected chi connectivity index (χ3v) is 6.75. The average Bonchev–Trinajstić information content (AvgIpc) is 3.30. The molecule has 0 radical (unpaired) electrons. The quantitative estimate of drug-likeness (QED) is 0.460. The second-order valence-electron chi connectivity index (χ2n) is 10.8. The van der Waals surface area contributed by atoms with E-state index in [0.29, 0.717) is 18.7 Å². The van der Waals surface area contributed by atoms with Crippen molar-refractivity contribution in [2.45, 2.75) is 59.4 Å². The van der Waals surface area contributed by atoms with Crippen molar-refractivity contribution in [3.63, 3.8) is 0 Å². The van der Waals surface area contributed by atoms with Crippen molar-refractivity contribution in [1.29, 1.82) is 0 Å². The predicted molar refractivity (Wildman–Crippen MR) is 140 cm³/mol. The molecule has 1 aliphatic heterocycles. The molecule has 0 aliphatic carbocycles. The Morgan fingerprint density at radius 2 is 1.83 bits per heavy atom. The minimum absolute atomic E-state index is 0.0577. The number of hydrogen-bond donors (Lipinski definition) is 1. The molecule has 8 heteroatoms. The monoisotopic (exact) mass is 473 g/mol. The van der Waals surface area contributed by atoms with Crippen LogP contribution < -0.4 is 4.90 Å². The summed E-state index contributed by atoms with van der Waals surface area (Å²) in [5, 5.41) is 5.67. The Hall–Kier alpha value is -3.42. The Kier molecular flexibility index (Phi) is 5.77. The number of aryl methyl sites for hydroxylation is 1. The van der Waals surface area contributed by atoms with Crippen molar-refractivity contribution in [3.8, 4) is 0 Å². The number of para-hydroxylation sites is 2. The molecular weight excluding hydrogens is 438 g/mol. The van der Waals surface area contributed by atoms with Gasteiger partial charge in [-0.25, -0.2) is 14.6 Å². The zero-order valence-corrected chi connectivity index (χ0v) is 21.6. The van der Waals surface area contributed by atoms with E-state index >= 15 is 0 Å². The molecule has 0 spiro atoms. The maximum atomic E-state index is 14.0. The number of carbonyl (C=O) groups excluding carboxylic acids is 1. The first-order valence-electron chi connectivity index (χ1n) is 12.5. The van der Waals surface area contributed by atoms with Gasteiger partial charge in [-0.15, -0.1) is 0 Å². The smallest absolute Gasteiger partial charge is 0.254 e. The van der Waals surface area contributed by atoms with Crippen LogP contribution in [0.4, 0.5) is 5.95 Å². The first-order chi connectivity index (χ1) is 16.6. The standard InChI is InChI=1S/C27H35N7O/c1-17(2)22-16-19(23-18(3)31-34(24(23)28-22)27(4,5)6)25(35)32-12-9-13-33(15-14-32)26-29-20-10-7-8-11-21(20)30-26/h7-8,10-11,16-17H,9,12-15H2,1-6H3,(H,29,30). The summed E-state index contributed by atoms with van der Waals surface area (Å²) in [6.07, 6.45) is 0.883. The van der Waals surface area contributed by atoms with E-state index in [1.807, 2.05) is 46.8 Å². The lowest BCUT2D eigenvalue weighted by atomic mass is 10.0. The van der Waals surface area contributed by atoms with Crippen LogP contribution in [-0.4, -0.2) is 61.7 Å². The molecule has 3 aromatic heterocycles. The van der Waals surface area contributed by atoms with Crippen molar-refractivity contribution < 1.29 is 4.79 Å². The van der Waals surface area contributed by atoms with E-state index < -0.39 is 0 Å². The second kappa shape index (κ2) is 8.66. The molecule has 0 atom stereocenters. The number of H-pyrrole nitrogens is 1. The van der Waals surface area contributed by atoms with E-state index in [1.165, 1.54) is 0 Å². The number of fused-ring (bicyclic) bond motifs is 2. The van der Waals surface area contributed by atoms with Crippen molar-refractivity contribution in [2.75, 3.05) is 31.1 Å². The Balaban J connectivity index is 1.47. The summed E-state index contributed by atoms with van der Waals surface area (Å²) in [5.74, 6) is 1.14. The Labute approximate surface area is 206 Å². The van der Waals surface area contributed by atoms with Gasteiger partial charge in [0.1, 0.15) is 0 Å². The van der Waals surface area contributed by atoms with Crippen LogP contribution in [0.15, 0.2) is 30.3 Å². The molecule has 1 N–H and O–H groups in total. The van der Waals surface area contributed by atoms with Crippen LogP contribution in [0.25, 0.3) is 22.1 Å². The van der Waals surface area contributed by atoms with E-state index in [1.54, 1.807) is 0 Å². The number of aromatic amines is 1. The van der Waals surface area contributed by atoms with Gasteiger partial charge in [-0.2, -0.15) is 5.10 Å². The zero-order valence-electron chi connectivity index (χ0n) is 21.6. The molecule has 1 amide bonds. The molecule has 35 heavy (non-hydrogen) atoms. The van der Waals surface area contributed by atoms with E-state index in [4.69, 9.17) is 15.1 Å². The van der Waals surface area contributed by atoms with E-state index in [-0.39, 0.29) is 17.4 Å². The highest BCUT2D eigenvalue weighted by atomic mass is 16.2. The lowest BCUT2D eigenvalue weighted by molar-refractivity contribution is 0.0768. The number of imidazole rings is 1. The lowest BCUT2D eigenvalue weighted by Crippen LogP contribution is -2.35. The molecule has 8 nitrogen and oxygen atoms in total. The number of carbonyl (C=O) groups is 1. The van der Waals surface area contributed by atoms with Crippen LogP contribution in [0, 0.1) is 6.92 Å². The normalized spacial score (nSPS) is 15.4. The van der Waals surface area contributed by atoms with Gasteiger partial charge >= 0.3 is 0 Å². The summed E-state index contributed by atoms with van der Waals surface area (Å²) in [6.45, 7) is 15.5. The van der Waals surface area contributed by atoms with Crippen molar-refractivity contribution in [1.82, 2.24) is 29.6 Å². The minimum Gasteiger partial charge on any atom is -0.341 e. The fourth-order valence-corrected chi connectivity index (χ4v) is 4.83. The molecule has 4 heterocycles. The maximum Gasteiger partial charge on any atom is 0.254 e. The predicted octanol–water partition coefficient (Wildman–Crippen LogP) is 4.85. The molecular formula is C27H35N7O. The highest BCUT2D eigenvalue weighted by Crippen LogP contribution is 2.30. The van der Waals surface area contributed by atoms with Gasteiger partial charge in [-0.3, -0.25) is 4.79 Å². The topological polar surface area (TPSA) is 82.9 Å². The van der Waals surface area contributed by atoms with E-state index in [2.05, 4.69) is 44.5 Å². The number of pyridine rings is 1. The Bertz CT molecular complexity index is 1360. The Morgan fingerprint density at radius 1 is 1.06 bits per heavy atom. The maximum absolute atomic E-state index is 14.0. The van der Waals surface area contributed by atoms with Crippen molar-refractivity contribution in [3.05, 3.63) is 47.3 Å². The number of amides is 1. The molecule has 1 fully saturated rings. The fourth-order valence-electron chi connectivity index (χ4n) is 4.83. The lowest BCUT2D eigenvalue weighted by Gasteiger charge is -2.23. The van der Waals surface area contributed by atoms with Crippen LogP contribution in [0.2, 0.25) is 0 Å². The average molecular weight is 474 g/mol. The SMILES string of the molecule is Cc1nn(C(C)(C)C)c2nc(C(C)C)cc(C(=O)N3CCCN(c4nc5ccccc5[nH]4)CC3)c12. The summed E-state index contributed by atoms with van der Waals surface area (Å²) >= 11 is 0. The number of benzene rings is 1. The molecule has 1 aromatic carbocycles. The van der Waals surface area contributed by atoms with Gasteiger partial charge in [-0.05, 0) is 58.2 Å². The van der Waals surface area contributed by atoms with Gasteiger partial charge in [0.15, 0.2) is 5.65 Å². The number of aromatic nitrogens is 5. The largest absolute Gasteiger partial charge is 0.341 e. The summed E-state index contributed by atoms with van der Waals surface area (Å²) in [4.78, 5) is 31.3. The molecule has 4 aromatic rings. The van der Waals surface area contributed by atoms with Gasteiger partial charge in [0.2, 0.25) is 5.95 Å². The third kappa shape index (κ3) is 4.26.